The number of allylic oxidation sites excluding steroid dienone is 3. The molecule has 0 fully saturated rings. The topological polar surface area (TPSA) is 17.1 Å². The van der Waals surface area contributed by atoms with Crippen LogP contribution in [0.4, 0.5) is 0 Å². The van der Waals surface area contributed by atoms with E-state index in [2.05, 4.69) is 0 Å². The summed E-state index contributed by atoms with van der Waals surface area (Å²) >= 11 is 0. The second-order valence-electron chi connectivity index (χ2n) is 2.74. The average molecular weight is 172 g/mol. The Kier molecular flexibility index (Phi) is 3.71. The van der Waals surface area contributed by atoms with Crippen molar-refractivity contribution < 1.29 is 4.79 Å². The van der Waals surface area contributed by atoms with Crippen LogP contribution in [-0.2, 0) is 4.79 Å². The van der Waals surface area contributed by atoms with Crippen LogP contribution in [0.3, 0.4) is 0 Å². The van der Waals surface area contributed by atoms with Crippen LogP contribution in [0, 0.1) is 0 Å². The number of benzene rings is 1. The molecule has 1 nitrogen and oxygen atoms in total. The van der Waals surface area contributed by atoms with Crippen LogP contribution in [0.5, 0.6) is 0 Å². The van der Waals surface area contributed by atoms with Gasteiger partial charge in [0.25, 0.3) is 0 Å². The van der Waals surface area contributed by atoms with Crippen molar-refractivity contribution in [3.05, 3.63) is 54.1 Å². The number of carbonyl (C=O) groups excluding carboxylic acids is 1. The first-order valence-electron chi connectivity index (χ1n) is 4.19. The zero-order chi connectivity index (χ0) is 9.52. The van der Waals surface area contributed by atoms with Gasteiger partial charge in [-0.1, -0.05) is 48.6 Å². The molecular formula is C12H12O. The van der Waals surface area contributed by atoms with Crippen molar-refractivity contribution in [3.8, 4) is 0 Å². The standard InChI is InChI=1S/C12H12O/c1-11(13)7-5-6-10-12-8-3-2-4-9-12/h2-10H,1H3/b7-5+,10-6+. The van der Waals surface area contributed by atoms with Crippen molar-refractivity contribution in [2.75, 3.05) is 0 Å². The SMILES string of the molecule is CC(=O)/C=C/C=C/c1ccccc1. The first-order chi connectivity index (χ1) is 6.29. The summed E-state index contributed by atoms with van der Waals surface area (Å²) in [7, 11) is 0. The minimum Gasteiger partial charge on any atom is -0.295 e. The van der Waals surface area contributed by atoms with Crippen LogP contribution in [-0.4, -0.2) is 5.78 Å². The molecular weight excluding hydrogens is 160 g/mol. The second kappa shape index (κ2) is 5.09. The van der Waals surface area contributed by atoms with E-state index in [1.807, 2.05) is 42.5 Å². The van der Waals surface area contributed by atoms with Crippen LogP contribution in [0.1, 0.15) is 12.5 Å². The van der Waals surface area contributed by atoms with Crippen molar-refractivity contribution in [1.29, 1.82) is 0 Å². The summed E-state index contributed by atoms with van der Waals surface area (Å²) in [6, 6.07) is 9.96. The average Bonchev–Trinajstić information content (AvgIpc) is 2.14. The summed E-state index contributed by atoms with van der Waals surface area (Å²) in [6.45, 7) is 1.53. The lowest BCUT2D eigenvalue weighted by molar-refractivity contribution is -0.112. The van der Waals surface area contributed by atoms with Crippen molar-refractivity contribution in [3.63, 3.8) is 0 Å². The molecule has 0 aliphatic heterocycles. The van der Waals surface area contributed by atoms with E-state index in [4.69, 9.17) is 0 Å². The quantitative estimate of drug-likeness (QED) is 0.506. The van der Waals surface area contributed by atoms with Crippen LogP contribution in [0.2, 0.25) is 0 Å². The summed E-state index contributed by atoms with van der Waals surface area (Å²) < 4.78 is 0. The van der Waals surface area contributed by atoms with Crippen LogP contribution in [0.15, 0.2) is 48.6 Å². The van der Waals surface area contributed by atoms with Crippen LogP contribution >= 0.6 is 0 Å². The molecule has 0 spiro atoms. The molecule has 0 aliphatic rings. The Morgan fingerprint density at radius 2 is 1.85 bits per heavy atom. The molecule has 0 atom stereocenters. The molecule has 1 heteroatoms. The molecule has 0 bridgehead atoms. The Balaban J connectivity index is 2.55. The molecule has 0 saturated heterocycles. The molecule has 66 valence electrons. The highest BCUT2D eigenvalue weighted by Gasteiger charge is 1.80. The number of carbonyl (C=O) groups is 1. The van der Waals surface area contributed by atoms with Gasteiger partial charge in [0.2, 0.25) is 0 Å². The molecule has 1 rings (SSSR count). The molecule has 0 N–H and O–H groups in total. The molecule has 1 aromatic rings. The van der Waals surface area contributed by atoms with E-state index in [0.29, 0.717) is 0 Å². The summed E-state index contributed by atoms with van der Waals surface area (Å²) in [5.41, 5.74) is 1.13. The van der Waals surface area contributed by atoms with Gasteiger partial charge in [0, 0.05) is 0 Å². The number of ketones is 1. The summed E-state index contributed by atoms with van der Waals surface area (Å²) in [4.78, 5) is 10.5. The van der Waals surface area contributed by atoms with E-state index in [0.717, 1.165) is 5.56 Å². The molecule has 13 heavy (non-hydrogen) atoms. The van der Waals surface area contributed by atoms with E-state index in [1.54, 1.807) is 12.2 Å². The Hall–Kier alpha value is -1.63. The van der Waals surface area contributed by atoms with Gasteiger partial charge in [-0.25, -0.2) is 0 Å². The largest absolute Gasteiger partial charge is 0.295 e. The van der Waals surface area contributed by atoms with Gasteiger partial charge in [0.15, 0.2) is 5.78 Å². The normalized spacial score (nSPS) is 11.2. The first kappa shape index (κ1) is 9.46. The van der Waals surface area contributed by atoms with Gasteiger partial charge in [-0.15, -0.1) is 0 Å². The van der Waals surface area contributed by atoms with E-state index in [9.17, 15) is 4.79 Å². The lowest BCUT2D eigenvalue weighted by atomic mass is 10.2. The summed E-state index contributed by atoms with van der Waals surface area (Å²) in [6.07, 6.45) is 7.10. The fraction of sp³-hybridized carbons (Fsp3) is 0.0833. The summed E-state index contributed by atoms with van der Waals surface area (Å²) in [5, 5.41) is 0. The minimum absolute atomic E-state index is 0.0673. The van der Waals surface area contributed by atoms with Gasteiger partial charge in [-0.3, -0.25) is 4.79 Å². The highest BCUT2D eigenvalue weighted by atomic mass is 16.1. The zero-order valence-electron chi connectivity index (χ0n) is 7.60. The molecule has 1 aromatic carbocycles. The first-order valence-corrected chi connectivity index (χ1v) is 4.19. The second-order valence-corrected chi connectivity index (χ2v) is 2.74. The van der Waals surface area contributed by atoms with Crippen LogP contribution in [0.25, 0.3) is 6.08 Å². The molecule has 0 saturated carbocycles. The van der Waals surface area contributed by atoms with Gasteiger partial charge in [-0.2, -0.15) is 0 Å². The van der Waals surface area contributed by atoms with Gasteiger partial charge < -0.3 is 0 Å². The molecule has 0 heterocycles. The van der Waals surface area contributed by atoms with Gasteiger partial charge >= 0.3 is 0 Å². The number of hydrogen-bond acceptors (Lipinski definition) is 1. The van der Waals surface area contributed by atoms with Crippen LogP contribution < -0.4 is 0 Å². The predicted octanol–water partition coefficient (Wildman–Crippen LogP) is 2.85. The Morgan fingerprint density at radius 3 is 2.46 bits per heavy atom. The van der Waals surface area contributed by atoms with E-state index < -0.39 is 0 Å². The Labute approximate surface area is 78.4 Å². The zero-order valence-corrected chi connectivity index (χ0v) is 7.60. The highest BCUT2D eigenvalue weighted by molar-refractivity contribution is 5.87. The van der Waals surface area contributed by atoms with Crippen molar-refractivity contribution in [1.82, 2.24) is 0 Å². The fourth-order valence-corrected chi connectivity index (χ4v) is 0.922. The van der Waals surface area contributed by atoms with Gasteiger partial charge in [0.1, 0.15) is 0 Å². The summed E-state index contributed by atoms with van der Waals surface area (Å²) in [5.74, 6) is 0.0673. The molecule has 0 aromatic heterocycles. The minimum atomic E-state index is 0.0673. The van der Waals surface area contributed by atoms with E-state index >= 15 is 0 Å². The van der Waals surface area contributed by atoms with Gasteiger partial charge in [-0.05, 0) is 18.6 Å². The van der Waals surface area contributed by atoms with Gasteiger partial charge in [0.05, 0.1) is 0 Å². The highest BCUT2D eigenvalue weighted by Crippen LogP contribution is 2.00. The smallest absolute Gasteiger partial charge is 0.152 e. The maximum absolute atomic E-state index is 10.5. The molecule has 0 unspecified atom stereocenters. The number of hydrogen-bond donors (Lipinski definition) is 0. The third-order valence-electron chi connectivity index (χ3n) is 1.53. The lowest BCUT2D eigenvalue weighted by Gasteiger charge is -1.87. The van der Waals surface area contributed by atoms with E-state index in [1.165, 1.54) is 6.92 Å². The third kappa shape index (κ3) is 4.06. The van der Waals surface area contributed by atoms with E-state index in [-0.39, 0.29) is 5.78 Å². The maximum atomic E-state index is 10.5. The Morgan fingerprint density at radius 1 is 1.15 bits per heavy atom. The predicted molar refractivity (Wildman–Crippen MR) is 55.3 cm³/mol. The molecule has 0 radical (unpaired) electrons. The Bertz CT molecular complexity index is 320. The maximum Gasteiger partial charge on any atom is 0.152 e. The number of rotatable bonds is 3. The van der Waals surface area contributed by atoms with Crippen molar-refractivity contribution in [2.45, 2.75) is 6.92 Å². The third-order valence-corrected chi connectivity index (χ3v) is 1.53. The lowest BCUT2D eigenvalue weighted by Crippen LogP contribution is -1.77. The monoisotopic (exact) mass is 172 g/mol. The fourth-order valence-electron chi connectivity index (χ4n) is 0.922. The van der Waals surface area contributed by atoms with Crippen molar-refractivity contribution in [2.24, 2.45) is 0 Å². The van der Waals surface area contributed by atoms with Crippen molar-refractivity contribution >= 4 is 11.9 Å². The molecule has 0 aliphatic carbocycles. The molecule has 0 amide bonds.